The van der Waals surface area contributed by atoms with Gasteiger partial charge in [-0.2, -0.15) is 0 Å². The van der Waals surface area contributed by atoms with Gasteiger partial charge in [-0.25, -0.2) is 0 Å². The third kappa shape index (κ3) is 38.0. The van der Waals surface area contributed by atoms with E-state index in [4.69, 9.17) is 4.74 Å². The van der Waals surface area contributed by atoms with Crippen molar-refractivity contribution >= 4 is 11.8 Å². The molecule has 0 bridgehead atoms. The summed E-state index contributed by atoms with van der Waals surface area (Å²) in [4.78, 5) is 30.0. The second-order valence-corrected chi connectivity index (χ2v) is 17.6. The zero-order chi connectivity index (χ0) is 39.7. The molecular formula is C49H98N2O3. The molecule has 0 aromatic heterocycles. The van der Waals surface area contributed by atoms with Gasteiger partial charge in [-0.15, -0.1) is 0 Å². The maximum absolute atomic E-state index is 12.6. The summed E-state index contributed by atoms with van der Waals surface area (Å²) in [5.74, 6) is 1.88. The number of rotatable bonds is 44. The van der Waals surface area contributed by atoms with Crippen LogP contribution in [0.1, 0.15) is 246 Å². The largest absolute Gasteiger partial charge is 0.465 e. The van der Waals surface area contributed by atoms with Crippen LogP contribution in [0.4, 0.5) is 0 Å². The lowest BCUT2D eigenvalue weighted by molar-refractivity contribution is -0.145. The standard InChI is InChI=1S/C49H98N2O3/c1-7-11-15-27-35-46(33-13-9-3)39-40-48(52)37-29-23-19-17-21-25-31-41-51(44-43-50(5)6)42-32-26-22-18-20-24-30-38-49(53)54-45-47(34-14-10-4)36-28-16-12-8-2/h46-47H,7-45H2,1-6H3. The Hall–Kier alpha value is -0.940. The molecule has 0 aromatic carbocycles. The van der Waals surface area contributed by atoms with E-state index in [1.807, 2.05) is 0 Å². The van der Waals surface area contributed by atoms with Gasteiger partial charge in [0.05, 0.1) is 6.61 Å². The molecule has 0 aliphatic carbocycles. The Morgan fingerprint density at radius 3 is 1.35 bits per heavy atom. The van der Waals surface area contributed by atoms with Crippen LogP contribution in [0.3, 0.4) is 0 Å². The molecule has 0 aromatic rings. The zero-order valence-electron chi connectivity index (χ0n) is 37.9. The summed E-state index contributed by atoms with van der Waals surface area (Å²) in [6.45, 7) is 14.5. The van der Waals surface area contributed by atoms with Crippen LogP contribution in [0.25, 0.3) is 0 Å². The number of likely N-dealkylation sites (N-methyl/N-ethyl adjacent to an activating group) is 1. The normalized spacial score (nSPS) is 12.9. The highest BCUT2D eigenvalue weighted by molar-refractivity contribution is 5.78. The molecule has 0 radical (unpaired) electrons. The van der Waals surface area contributed by atoms with E-state index in [1.54, 1.807) is 0 Å². The van der Waals surface area contributed by atoms with E-state index in [9.17, 15) is 9.59 Å². The minimum absolute atomic E-state index is 0.0239. The lowest BCUT2D eigenvalue weighted by Gasteiger charge is -2.24. The Kier molecular flexibility index (Phi) is 41.0. The van der Waals surface area contributed by atoms with E-state index in [0.717, 1.165) is 51.0 Å². The molecule has 5 heteroatoms. The maximum atomic E-state index is 12.6. The first-order valence-corrected chi connectivity index (χ1v) is 24.4. The highest BCUT2D eigenvalue weighted by atomic mass is 16.5. The summed E-state index contributed by atoms with van der Waals surface area (Å²) in [5.41, 5.74) is 0. The summed E-state index contributed by atoms with van der Waals surface area (Å²) in [5, 5.41) is 0. The first-order chi connectivity index (χ1) is 26.4. The second kappa shape index (κ2) is 41.7. The molecule has 0 aliphatic heterocycles. The predicted octanol–water partition coefficient (Wildman–Crippen LogP) is 14.5. The fraction of sp³-hybridized carbons (Fsp3) is 0.959. The molecule has 322 valence electrons. The Morgan fingerprint density at radius 1 is 0.407 bits per heavy atom. The Morgan fingerprint density at radius 2 is 0.833 bits per heavy atom. The van der Waals surface area contributed by atoms with E-state index < -0.39 is 0 Å². The van der Waals surface area contributed by atoms with Crippen molar-refractivity contribution < 1.29 is 14.3 Å². The molecule has 0 amide bonds. The predicted molar refractivity (Wildman–Crippen MR) is 238 cm³/mol. The molecule has 0 saturated carbocycles. The maximum Gasteiger partial charge on any atom is 0.305 e. The number of esters is 1. The zero-order valence-corrected chi connectivity index (χ0v) is 37.9. The number of hydrogen-bond acceptors (Lipinski definition) is 5. The highest BCUT2D eigenvalue weighted by Crippen LogP contribution is 2.23. The van der Waals surface area contributed by atoms with E-state index in [-0.39, 0.29) is 5.97 Å². The topological polar surface area (TPSA) is 49.9 Å². The van der Waals surface area contributed by atoms with Gasteiger partial charge >= 0.3 is 5.97 Å². The van der Waals surface area contributed by atoms with Gasteiger partial charge in [0.1, 0.15) is 5.78 Å². The number of carbonyl (C=O) groups excluding carboxylic acids is 2. The highest BCUT2D eigenvalue weighted by Gasteiger charge is 2.13. The summed E-state index contributed by atoms with van der Waals surface area (Å²) in [7, 11) is 4.37. The molecule has 5 nitrogen and oxygen atoms in total. The number of Topliss-reactive ketones (excluding diaryl/α,β-unsaturated/α-hetero) is 1. The lowest BCUT2D eigenvalue weighted by Crippen LogP contribution is -2.33. The molecule has 2 atom stereocenters. The van der Waals surface area contributed by atoms with Crippen molar-refractivity contribution in [2.24, 2.45) is 11.8 Å². The average molecular weight is 763 g/mol. The molecule has 54 heavy (non-hydrogen) atoms. The molecule has 0 N–H and O–H groups in total. The van der Waals surface area contributed by atoms with Gasteiger partial charge in [-0.1, -0.05) is 182 Å². The van der Waals surface area contributed by atoms with Crippen LogP contribution in [-0.2, 0) is 14.3 Å². The Balaban J connectivity index is 3.97. The number of nitrogens with zero attached hydrogens (tertiary/aromatic N) is 2. The first kappa shape index (κ1) is 53.1. The molecule has 0 heterocycles. The van der Waals surface area contributed by atoms with Gasteiger partial charge < -0.3 is 14.5 Å². The van der Waals surface area contributed by atoms with Crippen molar-refractivity contribution in [1.29, 1.82) is 0 Å². The first-order valence-electron chi connectivity index (χ1n) is 24.4. The van der Waals surface area contributed by atoms with Crippen molar-refractivity contribution in [2.45, 2.75) is 246 Å². The second-order valence-electron chi connectivity index (χ2n) is 17.6. The van der Waals surface area contributed by atoms with E-state index in [1.165, 1.54) is 193 Å². The summed E-state index contributed by atoms with van der Waals surface area (Å²) >= 11 is 0. The monoisotopic (exact) mass is 763 g/mol. The van der Waals surface area contributed by atoms with Crippen molar-refractivity contribution in [1.82, 2.24) is 9.80 Å². The van der Waals surface area contributed by atoms with Crippen LogP contribution >= 0.6 is 0 Å². The lowest BCUT2D eigenvalue weighted by atomic mass is 9.90. The molecule has 0 saturated heterocycles. The molecular weight excluding hydrogens is 665 g/mol. The minimum atomic E-state index is 0.0239. The van der Waals surface area contributed by atoms with Crippen LogP contribution < -0.4 is 0 Å². The van der Waals surface area contributed by atoms with Crippen LogP contribution in [0.2, 0.25) is 0 Å². The average Bonchev–Trinajstić information content (AvgIpc) is 3.16. The molecule has 2 unspecified atom stereocenters. The van der Waals surface area contributed by atoms with Gasteiger partial charge in [0.2, 0.25) is 0 Å². The fourth-order valence-corrected chi connectivity index (χ4v) is 7.93. The van der Waals surface area contributed by atoms with E-state index in [2.05, 4.69) is 51.6 Å². The number of carbonyl (C=O) groups is 2. The molecule has 0 spiro atoms. The van der Waals surface area contributed by atoms with Crippen molar-refractivity contribution in [3.8, 4) is 0 Å². The smallest absolute Gasteiger partial charge is 0.305 e. The van der Waals surface area contributed by atoms with E-state index >= 15 is 0 Å². The third-order valence-corrected chi connectivity index (χ3v) is 11.8. The van der Waals surface area contributed by atoms with Crippen molar-refractivity contribution in [2.75, 3.05) is 46.9 Å². The summed E-state index contributed by atoms with van der Waals surface area (Å²) in [6, 6.07) is 0. The summed E-state index contributed by atoms with van der Waals surface area (Å²) in [6.07, 6.45) is 41.6. The number of unbranched alkanes of at least 4 members (excludes halogenated alkanes) is 20. The van der Waals surface area contributed by atoms with Crippen LogP contribution in [0, 0.1) is 11.8 Å². The van der Waals surface area contributed by atoms with Gasteiger partial charge in [-0.05, 0) is 84.0 Å². The van der Waals surface area contributed by atoms with Crippen molar-refractivity contribution in [3.05, 3.63) is 0 Å². The SMILES string of the molecule is CCCCCCC(CCCC)CCC(=O)CCCCCCCCCN(CCCCCCCCCC(=O)OCC(CCCC)CCCCCC)CCN(C)C. The quantitative estimate of drug-likeness (QED) is 0.0457. The van der Waals surface area contributed by atoms with E-state index in [0.29, 0.717) is 24.7 Å². The van der Waals surface area contributed by atoms with Gasteiger partial charge in [-0.3, -0.25) is 9.59 Å². The van der Waals surface area contributed by atoms with Gasteiger partial charge in [0.25, 0.3) is 0 Å². The van der Waals surface area contributed by atoms with Crippen LogP contribution in [-0.4, -0.2) is 68.4 Å². The number of ketones is 1. The minimum Gasteiger partial charge on any atom is -0.465 e. The molecule has 0 aliphatic rings. The van der Waals surface area contributed by atoms with Crippen LogP contribution in [0.5, 0.6) is 0 Å². The fourth-order valence-electron chi connectivity index (χ4n) is 7.93. The van der Waals surface area contributed by atoms with Gasteiger partial charge in [0, 0.05) is 32.4 Å². The number of ether oxygens (including phenoxy) is 1. The molecule has 0 rings (SSSR count). The Bertz CT molecular complexity index is 729. The van der Waals surface area contributed by atoms with Crippen LogP contribution in [0.15, 0.2) is 0 Å². The van der Waals surface area contributed by atoms with Gasteiger partial charge in [0.15, 0.2) is 0 Å². The third-order valence-electron chi connectivity index (χ3n) is 11.8. The number of hydrogen-bond donors (Lipinski definition) is 0. The van der Waals surface area contributed by atoms with Crippen molar-refractivity contribution in [3.63, 3.8) is 0 Å². The Labute approximate surface area is 339 Å². The summed E-state index contributed by atoms with van der Waals surface area (Å²) < 4.78 is 5.72. The molecule has 0 fully saturated rings.